The van der Waals surface area contributed by atoms with Gasteiger partial charge in [0.1, 0.15) is 6.10 Å². The van der Waals surface area contributed by atoms with E-state index in [1.807, 2.05) is 4.90 Å². The van der Waals surface area contributed by atoms with Crippen molar-refractivity contribution >= 4 is 18.3 Å². The molecule has 0 unspecified atom stereocenters. The van der Waals surface area contributed by atoms with Gasteiger partial charge in [-0.15, -0.1) is 12.4 Å². The summed E-state index contributed by atoms with van der Waals surface area (Å²) < 4.78 is 5.66. The van der Waals surface area contributed by atoms with Gasteiger partial charge in [-0.2, -0.15) is 0 Å². The van der Waals surface area contributed by atoms with Gasteiger partial charge in [-0.05, 0) is 39.5 Å². The lowest BCUT2D eigenvalue weighted by Crippen LogP contribution is -2.47. The molecule has 2 rings (SSSR count). The number of hydrogen-bond donors (Lipinski definition) is 1. The number of hydrogen-bond acceptors (Lipinski definition) is 3. The molecule has 0 spiro atoms. The quantitative estimate of drug-likeness (QED) is 0.817. The third-order valence-electron chi connectivity index (χ3n) is 3.81. The maximum absolute atomic E-state index is 12.3. The molecule has 0 radical (unpaired) electrons. The van der Waals surface area contributed by atoms with Crippen molar-refractivity contribution in [1.29, 1.82) is 0 Å². The molecule has 2 fully saturated rings. The highest BCUT2D eigenvalue weighted by atomic mass is 35.5. The number of nitrogens with two attached hydrogens (primary N) is 1. The minimum absolute atomic E-state index is 0. The van der Waals surface area contributed by atoms with Crippen molar-refractivity contribution in [2.24, 2.45) is 5.73 Å². The zero-order valence-electron chi connectivity index (χ0n) is 10.6. The van der Waals surface area contributed by atoms with E-state index in [9.17, 15) is 4.79 Å². The Balaban J connectivity index is 0.00000144. The highest BCUT2D eigenvalue weighted by molar-refractivity contribution is 5.85. The van der Waals surface area contributed by atoms with Crippen LogP contribution in [0.4, 0.5) is 0 Å². The average Bonchev–Trinajstić information content (AvgIpc) is 2.82. The van der Waals surface area contributed by atoms with Gasteiger partial charge in [0.2, 0.25) is 0 Å². The largest absolute Gasteiger partial charge is 0.364 e. The number of halogens is 1. The van der Waals surface area contributed by atoms with Gasteiger partial charge >= 0.3 is 0 Å². The number of ether oxygens (including phenoxy) is 1. The predicted molar refractivity (Wildman–Crippen MR) is 69.2 cm³/mol. The Morgan fingerprint density at radius 1 is 1.47 bits per heavy atom. The van der Waals surface area contributed by atoms with E-state index in [1.165, 1.54) is 0 Å². The van der Waals surface area contributed by atoms with E-state index in [1.54, 1.807) is 0 Å². The topological polar surface area (TPSA) is 55.6 Å². The molecule has 100 valence electrons. The van der Waals surface area contributed by atoms with Crippen molar-refractivity contribution in [3.63, 3.8) is 0 Å². The Labute approximate surface area is 109 Å². The van der Waals surface area contributed by atoms with Crippen molar-refractivity contribution < 1.29 is 9.53 Å². The first-order valence-corrected chi connectivity index (χ1v) is 6.21. The molecule has 1 amide bonds. The fraction of sp³-hybridized carbons (Fsp3) is 0.917. The highest BCUT2D eigenvalue weighted by Crippen LogP contribution is 2.31. The number of likely N-dealkylation sites (tertiary alicyclic amines) is 1. The Hall–Kier alpha value is -0.320. The first-order valence-electron chi connectivity index (χ1n) is 6.21. The highest BCUT2D eigenvalue weighted by Gasteiger charge is 2.40. The number of carbonyl (C=O) groups is 1. The van der Waals surface area contributed by atoms with Crippen molar-refractivity contribution in [3.8, 4) is 0 Å². The summed E-state index contributed by atoms with van der Waals surface area (Å²) in [4.78, 5) is 14.3. The van der Waals surface area contributed by atoms with Crippen LogP contribution in [0.25, 0.3) is 0 Å². The van der Waals surface area contributed by atoms with Crippen LogP contribution in [0.15, 0.2) is 0 Å². The maximum atomic E-state index is 12.3. The predicted octanol–water partition coefficient (Wildman–Crippen LogP) is 1.32. The van der Waals surface area contributed by atoms with Gasteiger partial charge in [0.15, 0.2) is 0 Å². The molecular formula is C12H23ClN2O2. The molecule has 17 heavy (non-hydrogen) atoms. The second-order valence-electron chi connectivity index (χ2n) is 5.47. The SMILES string of the molecule is CC1(C)CCCN1C(=O)[C@@H]1CC[C@H](CN)O1.Cl. The van der Waals surface area contributed by atoms with E-state index < -0.39 is 0 Å². The Bertz CT molecular complexity index is 284. The fourth-order valence-electron chi connectivity index (χ4n) is 2.75. The van der Waals surface area contributed by atoms with Crippen molar-refractivity contribution in [2.75, 3.05) is 13.1 Å². The summed E-state index contributed by atoms with van der Waals surface area (Å²) in [7, 11) is 0. The van der Waals surface area contributed by atoms with Gasteiger partial charge in [-0.3, -0.25) is 4.79 Å². The number of rotatable bonds is 2. The number of nitrogens with zero attached hydrogens (tertiary/aromatic N) is 1. The first kappa shape index (κ1) is 14.7. The lowest BCUT2D eigenvalue weighted by atomic mass is 10.0. The molecule has 0 saturated carbocycles. The van der Waals surface area contributed by atoms with Crippen LogP contribution >= 0.6 is 12.4 Å². The molecule has 0 aromatic rings. The van der Waals surface area contributed by atoms with Crippen LogP contribution < -0.4 is 5.73 Å². The zero-order valence-corrected chi connectivity index (χ0v) is 11.5. The molecule has 0 aromatic carbocycles. The molecular weight excluding hydrogens is 240 g/mol. The van der Waals surface area contributed by atoms with Gasteiger partial charge in [0, 0.05) is 18.6 Å². The van der Waals surface area contributed by atoms with Crippen LogP contribution in [0.3, 0.4) is 0 Å². The Morgan fingerprint density at radius 2 is 2.18 bits per heavy atom. The van der Waals surface area contributed by atoms with Crippen LogP contribution in [0, 0.1) is 0 Å². The fourth-order valence-corrected chi connectivity index (χ4v) is 2.75. The minimum atomic E-state index is -0.245. The monoisotopic (exact) mass is 262 g/mol. The zero-order chi connectivity index (χ0) is 11.8. The van der Waals surface area contributed by atoms with Crippen LogP contribution in [0.5, 0.6) is 0 Å². The minimum Gasteiger partial charge on any atom is -0.364 e. The summed E-state index contributed by atoms with van der Waals surface area (Å²) in [5.41, 5.74) is 5.55. The van der Waals surface area contributed by atoms with Gasteiger partial charge in [-0.1, -0.05) is 0 Å². The third kappa shape index (κ3) is 2.92. The third-order valence-corrected chi connectivity index (χ3v) is 3.81. The summed E-state index contributed by atoms with van der Waals surface area (Å²) in [6.07, 6.45) is 3.78. The van der Waals surface area contributed by atoms with E-state index in [-0.39, 0.29) is 36.1 Å². The van der Waals surface area contributed by atoms with Gasteiger partial charge in [0.05, 0.1) is 6.10 Å². The summed E-state index contributed by atoms with van der Waals surface area (Å²) in [6, 6.07) is 0. The van der Waals surface area contributed by atoms with E-state index in [2.05, 4.69) is 13.8 Å². The van der Waals surface area contributed by atoms with Gasteiger partial charge in [0.25, 0.3) is 5.91 Å². The van der Waals surface area contributed by atoms with Crippen LogP contribution in [0.1, 0.15) is 39.5 Å². The second kappa shape index (κ2) is 5.55. The first-order chi connectivity index (χ1) is 7.54. The van der Waals surface area contributed by atoms with Gasteiger partial charge < -0.3 is 15.4 Å². The molecule has 2 N–H and O–H groups in total. The molecule has 2 heterocycles. The van der Waals surface area contributed by atoms with E-state index in [0.29, 0.717) is 6.54 Å². The lowest BCUT2D eigenvalue weighted by Gasteiger charge is -2.33. The lowest BCUT2D eigenvalue weighted by molar-refractivity contribution is -0.146. The van der Waals surface area contributed by atoms with Crippen molar-refractivity contribution in [1.82, 2.24) is 4.90 Å². The normalized spacial score (nSPS) is 31.4. The average molecular weight is 263 g/mol. The van der Waals surface area contributed by atoms with Crippen molar-refractivity contribution in [3.05, 3.63) is 0 Å². The van der Waals surface area contributed by atoms with E-state index in [0.717, 1.165) is 32.2 Å². The Kier molecular flexibility index (Phi) is 4.81. The smallest absolute Gasteiger partial charge is 0.252 e. The molecule has 2 saturated heterocycles. The molecule has 0 aromatic heterocycles. The molecule has 0 aliphatic carbocycles. The molecule has 2 aliphatic heterocycles. The standard InChI is InChI=1S/C12H22N2O2.ClH/c1-12(2)6-3-7-14(12)11(15)10-5-4-9(8-13)16-10;/h9-10H,3-8,13H2,1-2H3;1H/t9-,10+;/m1./s1. The summed E-state index contributed by atoms with van der Waals surface area (Å²) >= 11 is 0. The maximum Gasteiger partial charge on any atom is 0.252 e. The van der Waals surface area contributed by atoms with Crippen LogP contribution in [0.2, 0.25) is 0 Å². The molecule has 2 aliphatic rings. The summed E-state index contributed by atoms with van der Waals surface area (Å²) in [5.74, 6) is 0.165. The number of amides is 1. The summed E-state index contributed by atoms with van der Waals surface area (Å²) in [5, 5.41) is 0. The second-order valence-corrected chi connectivity index (χ2v) is 5.47. The van der Waals surface area contributed by atoms with Gasteiger partial charge in [-0.25, -0.2) is 0 Å². The number of carbonyl (C=O) groups excluding carboxylic acids is 1. The Morgan fingerprint density at radius 3 is 2.65 bits per heavy atom. The van der Waals surface area contributed by atoms with E-state index >= 15 is 0 Å². The molecule has 2 atom stereocenters. The summed E-state index contributed by atoms with van der Waals surface area (Å²) in [6.45, 7) is 5.66. The molecule has 0 bridgehead atoms. The molecule has 5 heteroatoms. The molecule has 4 nitrogen and oxygen atoms in total. The van der Waals surface area contributed by atoms with E-state index in [4.69, 9.17) is 10.5 Å². The van der Waals surface area contributed by atoms with Crippen molar-refractivity contribution in [2.45, 2.75) is 57.3 Å². The van der Waals surface area contributed by atoms with Crippen LogP contribution in [-0.2, 0) is 9.53 Å². The van der Waals surface area contributed by atoms with Crippen LogP contribution in [-0.4, -0.2) is 41.6 Å².